The minimum atomic E-state index is -0.107. The Morgan fingerprint density at radius 2 is 2.38 bits per heavy atom. The highest BCUT2D eigenvalue weighted by Gasteiger charge is 2.57. The summed E-state index contributed by atoms with van der Waals surface area (Å²) < 4.78 is 13.0. The summed E-state index contributed by atoms with van der Waals surface area (Å²) in [5.74, 6) is 0.652. The second-order valence-electron chi connectivity index (χ2n) is 4.20. The van der Waals surface area contributed by atoms with Gasteiger partial charge in [-0.2, -0.15) is 0 Å². The van der Waals surface area contributed by atoms with E-state index in [1.165, 1.54) is 18.1 Å². The van der Waals surface area contributed by atoms with Crippen molar-refractivity contribution in [3.63, 3.8) is 0 Å². The van der Waals surface area contributed by atoms with Crippen molar-refractivity contribution in [1.29, 1.82) is 0 Å². The van der Waals surface area contributed by atoms with Gasteiger partial charge in [-0.15, -0.1) is 0 Å². The topological polar surface area (TPSA) is 12.0 Å². The normalized spacial score (nSPS) is 35.9. The molecule has 3 rings (SSSR count). The molecule has 1 aliphatic carbocycles. The van der Waals surface area contributed by atoms with Crippen LogP contribution in [-0.2, 0) is 5.41 Å². The van der Waals surface area contributed by atoms with Gasteiger partial charge in [-0.25, -0.2) is 4.39 Å². The SMILES string of the molecule is Fc1cccc([C@]23CNC[C@H]2C3)c1. The van der Waals surface area contributed by atoms with E-state index >= 15 is 0 Å². The van der Waals surface area contributed by atoms with E-state index < -0.39 is 0 Å². The van der Waals surface area contributed by atoms with E-state index in [0.29, 0.717) is 5.41 Å². The molecule has 1 nitrogen and oxygen atoms in total. The maximum atomic E-state index is 13.0. The molecule has 1 N–H and O–H groups in total. The van der Waals surface area contributed by atoms with E-state index in [1.807, 2.05) is 6.07 Å². The summed E-state index contributed by atoms with van der Waals surface area (Å²) in [6.45, 7) is 2.14. The number of halogens is 1. The van der Waals surface area contributed by atoms with Crippen LogP contribution in [0.4, 0.5) is 4.39 Å². The first-order valence-electron chi connectivity index (χ1n) is 4.78. The summed E-state index contributed by atoms with van der Waals surface area (Å²) in [5, 5.41) is 3.36. The van der Waals surface area contributed by atoms with E-state index in [-0.39, 0.29) is 5.82 Å². The van der Waals surface area contributed by atoms with Gasteiger partial charge in [0.2, 0.25) is 0 Å². The summed E-state index contributed by atoms with van der Waals surface area (Å²) in [5.41, 5.74) is 1.48. The Bertz CT molecular complexity index is 350. The molecule has 1 aromatic rings. The maximum Gasteiger partial charge on any atom is 0.123 e. The molecular weight excluding hydrogens is 165 g/mol. The lowest BCUT2D eigenvalue weighted by atomic mass is 9.95. The van der Waals surface area contributed by atoms with Gasteiger partial charge in [0, 0.05) is 12.0 Å². The fourth-order valence-electron chi connectivity index (χ4n) is 2.59. The highest BCUT2D eigenvalue weighted by Crippen LogP contribution is 2.56. The minimum Gasteiger partial charge on any atom is -0.316 e. The van der Waals surface area contributed by atoms with Crippen LogP contribution in [0, 0.1) is 11.7 Å². The molecule has 68 valence electrons. The molecule has 13 heavy (non-hydrogen) atoms. The molecule has 0 bridgehead atoms. The summed E-state index contributed by atoms with van der Waals surface area (Å²) in [6, 6.07) is 7.07. The predicted octanol–water partition coefficient (Wildman–Crippen LogP) is 1.69. The second-order valence-corrected chi connectivity index (χ2v) is 4.20. The Balaban J connectivity index is 2.01. The van der Waals surface area contributed by atoms with Gasteiger partial charge in [-0.05, 0) is 36.6 Å². The molecule has 0 spiro atoms. The first kappa shape index (κ1) is 7.51. The molecule has 1 heterocycles. The molecule has 2 heteroatoms. The molecule has 1 aliphatic heterocycles. The molecule has 0 amide bonds. The molecule has 1 saturated carbocycles. The summed E-state index contributed by atoms with van der Waals surface area (Å²) >= 11 is 0. The van der Waals surface area contributed by atoms with Gasteiger partial charge in [-0.3, -0.25) is 0 Å². The van der Waals surface area contributed by atoms with Crippen molar-refractivity contribution in [3.8, 4) is 0 Å². The Kier molecular flexibility index (Phi) is 1.34. The molecule has 1 saturated heterocycles. The molecule has 1 aromatic carbocycles. The molecule has 2 fully saturated rings. The minimum absolute atomic E-state index is 0.107. The molecule has 2 aliphatic rings. The van der Waals surface area contributed by atoms with Gasteiger partial charge in [-0.1, -0.05) is 12.1 Å². The van der Waals surface area contributed by atoms with Crippen LogP contribution in [0.5, 0.6) is 0 Å². The smallest absolute Gasteiger partial charge is 0.123 e. The number of piperidine rings is 1. The number of nitrogens with one attached hydrogen (secondary N) is 1. The monoisotopic (exact) mass is 177 g/mol. The fraction of sp³-hybridized carbons (Fsp3) is 0.455. The van der Waals surface area contributed by atoms with E-state index in [4.69, 9.17) is 0 Å². The molecule has 0 aromatic heterocycles. The Hall–Kier alpha value is -0.890. The Morgan fingerprint density at radius 3 is 3.00 bits per heavy atom. The first-order chi connectivity index (χ1) is 6.31. The van der Waals surface area contributed by atoms with Crippen LogP contribution in [0.25, 0.3) is 0 Å². The maximum absolute atomic E-state index is 13.0. The van der Waals surface area contributed by atoms with Crippen LogP contribution in [0.3, 0.4) is 0 Å². The third-order valence-corrected chi connectivity index (χ3v) is 3.46. The van der Waals surface area contributed by atoms with Gasteiger partial charge in [0.15, 0.2) is 0 Å². The van der Waals surface area contributed by atoms with E-state index in [0.717, 1.165) is 19.0 Å². The number of hydrogen-bond donors (Lipinski definition) is 1. The third kappa shape index (κ3) is 0.953. The van der Waals surface area contributed by atoms with Gasteiger partial charge < -0.3 is 5.32 Å². The van der Waals surface area contributed by atoms with Crippen molar-refractivity contribution in [1.82, 2.24) is 5.32 Å². The quantitative estimate of drug-likeness (QED) is 0.688. The lowest BCUT2D eigenvalue weighted by molar-refractivity contribution is 0.614. The standard InChI is InChI=1S/C11H12FN/c12-10-3-1-2-8(4-10)11-5-9(11)6-13-7-11/h1-4,9,13H,5-7H2/t9-,11+/m1/s1. The van der Waals surface area contributed by atoms with Crippen LogP contribution >= 0.6 is 0 Å². The van der Waals surface area contributed by atoms with E-state index in [2.05, 4.69) is 11.4 Å². The van der Waals surface area contributed by atoms with Crippen molar-refractivity contribution in [2.75, 3.05) is 13.1 Å². The van der Waals surface area contributed by atoms with Crippen molar-refractivity contribution in [2.45, 2.75) is 11.8 Å². The lowest BCUT2D eigenvalue weighted by Gasteiger charge is -2.11. The highest BCUT2D eigenvalue weighted by atomic mass is 19.1. The zero-order valence-electron chi connectivity index (χ0n) is 7.39. The molecular formula is C11H12FN. The van der Waals surface area contributed by atoms with Crippen LogP contribution < -0.4 is 5.32 Å². The summed E-state index contributed by atoms with van der Waals surface area (Å²) in [6.07, 6.45) is 1.24. The molecule has 0 radical (unpaired) electrons. The second kappa shape index (κ2) is 2.32. The molecule has 0 unspecified atom stereocenters. The van der Waals surface area contributed by atoms with Crippen LogP contribution in [0.2, 0.25) is 0 Å². The van der Waals surface area contributed by atoms with Gasteiger partial charge in [0.25, 0.3) is 0 Å². The van der Waals surface area contributed by atoms with Crippen LogP contribution in [-0.4, -0.2) is 13.1 Å². The molecule has 2 atom stereocenters. The van der Waals surface area contributed by atoms with E-state index in [1.54, 1.807) is 6.07 Å². The first-order valence-corrected chi connectivity index (χ1v) is 4.78. The van der Waals surface area contributed by atoms with Crippen molar-refractivity contribution >= 4 is 0 Å². The Morgan fingerprint density at radius 1 is 1.46 bits per heavy atom. The number of fused-ring (bicyclic) bond motifs is 1. The lowest BCUT2D eigenvalue weighted by Crippen LogP contribution is -2.19. The van der Waals surface area contributed by atoms with Crippen LogP contribution in [0.15, 0.2) is 24.3 Å². The largest absolute Gasteiger partial charge is 0.316 e. The van der Waals surface area contributed by atoms with Crippen molar-refractivity contribution in [3.05, 3.63) is 35.6 Å². The highest BCUT2D eigenvalue weighted by molar-refractivity contribution is 5.36. The number of rotatable bonds is 1. The average molecular weight is 177 g/mol. The van der Waals surface area contributed by atoms with Gasteiger partial charge >= 0.3 is 0 Å². The third-order valence-electron chi connectivity index (χ3n) is 3.46. The zero-order chi connectivity index (χ0) is 8.89. The van der Waals surface area contributed by atoms with Gasteiger partial charge in [0.1, 0.15) is 5.82 Å². The number of hydrogen-bond acceptors (Lipinski definition) is 1. The summed E-state index contributed by atoms with van der Waals surface area (Å²) in [4.78, 5) is 0. The van der Waals surface area contributed by atoms with Gasteiger partial charge in [0.05, 0.1) is 0 Å². The van der Waals surface area contributed by atoms with Crippen LogP contribution in [0.1, 0.15) is 12.0 Å². The van der Waals surface area contributed by atoms with Crippen molar-refractivity contribution < 1.29 is 4.39 Å². The average Bonchev–Trinajstić information content (AvgIpc) is 2.70. The Labute approximate surface area is 77.0 Å². The predicted molar refractivity (Wildman–Crippen MR) is 49.1 cm³/mol. The van der Waals surface area contributed by atoms with Crippen molar-refractivity contribution in [2.24, 2.45) is 5.92 Å². The summed E-state index contributed by atoms with van der Waals surface area (Å²) in [7, 11) is 0. The fourth-order valence-corrected chi connectivity index (χ4v) is 2.59. The van der Waals surface area contributed by atoms with E-state index in [9.17, 15) is 4.39 Å². The number of benzene rings is 1. The zero-order valence-corrected chi connectivity index (χ0v) is 7.39.